The zero-order valence-corrected chi connectivity index (χ0v) is 24.4. The molecule has 0 radical (unpaired) electrons. The third-order valence-electron chi connectivity index (χ3n) is 6.31. The van der Waals surface area contributed by atoms with Crippen LogP contribution < -0.4 is 20.1 Å². The summed E-state index contributed by atoms with van der Waals surface area (Å²) in [6.07, 6.45) is 1.20. The van der Waals surface area contributed by atoms with E-state index in [2.05, 4.69) is 20.4 Å². The normalized spacial score (nSPS) is 13.7. The van der Waals surface area contributed by atoms with Gasteiger partial charge in [-0.25, -0.2) is 19.0 Å². The molecule has 1 aliphatic carbocycles. The molecule has 4 rings (SSSR count). The number of aromatic carboxylic acids is 1. The second kappa shape index (κ2) is 13.3. The number of nitrogens with one attached hydrogen (secondary N) is 2. The number of carbonyl (C=O) groups is 3. The zero-order chi connectivity index (χ0) is 32.2. The minimum atomic E-state index is -3.07. The summed E-state index contributed by atoms with van der Waals surface area (Å²) in [7, 11) is 0. The maximum atomic E-state index is 14.5. The van der Waals surface area contributed by atoms with Gasteiger partial charge in [0.15, 0.2) is 17.3 Å². The van der Waals surface area contributed by atoms with E-state index in [-0.39, 0.29) is 41.0 Å². The van der Waals surface area contributed by atoms with Crippen LogP contribution in [0.4, 0.5) is 18.0 Å². The van der Waals surface area contributed by atoms with Crippen LogP contribution in [0.25, 0.3) is 11.5 Å². The summed E-state index contributed by atoms with van der Waals surface area (Å²) < 4.78 is 62.1. The number of amides is 2. The Kier molecular flexibility index (Phi) is 9.70. The Labute approximate surface area is 250 Å². The molecule has 1 heterocycles. The van der Waals surface area contributed by atoms with Gasteiger partial charge in [0.1, 0.15) is 17.1 Å². The largest absolute Gasteiger partial charge is 0.489 e. The van der Waals surface area contributed by atoms with Crippen molar-refractivity contribution in [3.63, 3.8) is 0 Å². The molecule has 1 atom stereocenters. The molecule has 11 nitrogen and oxygen atoms in total. The maximum absolute atomic E-state index is 14.5. The van der Waals surface area contributed by atoms with E-state index in [9.17, 15) is 27.6 Å². The number of hydrogen-bond acceptors (Lipinski definition) is 8. The van der Waals surface area contributed by atoms with Gasteiger partial charge in [-0.1, -0.05) is 0 Å². The SMILES string of the molecule is C[C@H](NC(=O)OC(C)(C)C)c1oc(-c2ccc(OC(F)F)c(OCC3CC3)c2)nc1CNC(=O)c1ccc(C(=O)O)cc1F. The fourth-order valence-electron chi connectivity index (χ4n) is 4.03. The Morgan fingerprint density at radius 1 is 1.11 bits per heavy atom. The van der Waals surface area contributed by atoms with Gasteiger partial charge >= 0.3 is 18.7 Å². The molecule has 0 saturated heterocycles. The zero-order valence-electron chi connectivity index (χ0n) is 24.4. The highest BCUT2D eigenvalue weighted by molar-refractivity contribution is 5.96. The number of oxazole rings is 1. The van der Waals surface area contributed by atoms with Gasteiger partial charge in [-0.2, -0.15) is 8.78 Å². The van der Waals surface area contributed by atoms with Gasteiger partial charge in [-0.05, 0) is 82.9 Å². The van der Waals surface area contributed by atoms with Crippen molar-refractivity contribution in [2.24, 2.45) is 5.92 Å². The smallest absolute Gasteiger partial charge is 0.408 e. The monoisotopic (exact) mass is 619 g/mol. The standard InChI is InChI=1S/C30H32F3N3O8/c1-15(35-29(40)44-30(2,3)4)24-21(13-34-25(37)19-9-7-18(27(38)39)11-20(19)31)36-26(43-24)17-8-10-22(42-28(32)33)23(12-17)41-14-16-5-6-16/h7-12,15-16,28H,5-6,13-14H2,1-4H3,(H,34,37)(H,35,40)(H,38,39)/t15-/m0/s1. The quantitative estimate of drug-likeness (QED) is 0.219. The van der Waals surface area contributed by atoms with E-state index >= 15 is 0 Å². The summed E-state index contributed by atoms with van der Waals surface area (Å²) in [4.78, 5) is 40.8. The lowest BCUT2D eigenvalue weighted by atomic mass is 10.1. The summed E-state index contributed by atoms with van der Waals surface area (Å²) >= 11 is 0. The van der Waals surface area contributed by atoms with Crippen LogP contribution >= 0.6 is 0 Å². The first-order valence-electron chi connectivity index (χ1n) is 13.7. The van der Waals surface area contributed by atoms with E-state index < -0.39 is 47.6 Å². The average molecular weight is 620 g/mol. The minimum Gasteiger partial charge on any atom is -0.489 e. The van der Waals surface area contributed by atoms with E-state index in [4.69, 9.17) is 19.0 Å². The van der Waals surface area contributed by atoms with Crippen LogP contribution in [0.5, 0.6) is 11.5 Å². The van der Waals surface area contributed by atoms with Gasteiger partial charge in [0, 0.05) is 5.56 Å². The van der Waals surface area contributed by atoms with Gasteiger partial charge < -0.3 is 34.4 Å². The van der Waals surface area contributed by atoms with Crippen LogP contribution in [0.15, 0.2) is 40.8 Å². The molecule has 44 heavy (non-hydrogen) atoms. The van der Waals surface area contributed by atoms with Crippen molar-refractivity contribution in [3.8, 4) is 23.0 Å². The Hall–Kier alpha value is -4.75. The number of halogens is 3. The molecular formula is C30H32F3N3O8. The van der Waals surface area contributed by atoms with Crippen LogP contribution in [0.3, 0.4) is 0 Å². The lowest BCUT2D eigenvalue weighted by molar-refractivity contribution is -0.0515. The van der Waals surface area contributed by atoms with E-state index in [1.54, 1.807) is 27.7 Å². The number of aromatic nitrogens is 1. The van der Waals surface area contributed by atoms with Gasteiger partial charge in [0.2, 0.25) is 5.89 Å². The van der Waals surface area contributed by atoms with Crippen molar-refractivity contribution in [1.82, 2.24) is 15.6 Å². The van der Waals surface area contributed by atoms with Crippen LogP contribution in [0.1, 0.15) is 78.7 Å². The van der Waals surface area contributed by atoms with Crippen LogP contribution in [0.2, 0.25) is 0 Å². The third-order valence-corrected chi connectivity index (χ3v) is 6.31. The van der Waals surface area contributed by atoms with Crippen molar-refractivity contribution in [1.29, 1.82) is 0 Å². The average Bonchev–Trinajstić information content (AvgIpc) is 3.66. The summed E-state index contributed by atoms with van der Waals surface area (Å²) in [6.45, 7) is 3.63. The van der Waals surface area contributed by atoms with Crippen molar-refractivity contribution >= 4 is 18.0 Å². The van der Waals surface area contributed by atoms with E-state index in [0.717, 1.165) is 31.0 Å². The molecule has 1 aromatic heterocycles. The van der Waals surface area contributed by atoms with E-state index in [1.165, 1.54) is 18.2 Å². The molecule has 1 aliphatic rings. The number of benzene rings is 2. The highest BCUT2D eigenvalue weighted by Crippen LogP contribution is 2.37. The number of ether oxygens (including phenoxy) is 3. The first-order valence-corrected chi connectivity index (χ1v) is 13.7. The Morgan fingerprint density at radius 2 is 1.84 bits per heavy atom. The fourth-order valence-corrected chi connectivity index (χ4v) is 4.03. The molecule has 0 unspecified atom stereocenters. The molecule has 0 aliphatic heterocycles. The maximum Gasteiger partial charge on any atom is 0.408 e. The van der Waals surface area contributed by atoms with Gasteiger partial charge in [0.05, 0.1) is 30.3 Å². The van der Waals surface area contributed by atoms with Crippen molar-refractivity contribution in [2.75, 3.05) is 6.61 Å². The van der Waals surface area contributed by atoms with Gasteiger partial charge in [-0.15, -0.1) is 0 Å². The number of rotatable bonds is 12. The summed E-state index contributed by atoms with van der Waals surface area (Å²) in [5, 5.41) is 14.2. The van der Waals surface area contributed by atoms with E-state index in [0.29, 0.717) is 18.1 Å². The Balaban J connectivity index is 1.62. The number of alkyl halides is 2. The summed E-state index contributed by atoms with van der Waals surface area (Å²) in [6, 6.07) is 6.21. The molecule has 1 saturated carbocycles. The number of hydrogen-bond donors (Lipinski definition) is 3. The van der Waals surface area contributed by atoms with Gasteiger partial charge in [0.25, 0.3) is 5.91 Å². The number of nitrogens with zero attached hydrogens (tertiary/aromatic N) is 1. The fraction of sp³-hybridized carbons (Fsp3) is 0.400. The Bertz CT molecular complexity index is 1530. The van der Waals surface area contributed by atoms with Crippen LogP contribution in [0, 0.1) is 11.7 Å². The predicted molar refractivity (Wildman–Crippen MR) is 149 cm³/mol. The third kappa shape index (κ3) is 8.64. The van der Waals surface area contributed by atoms with Crippen molar-refractivity contribution < 1.29 is 51.3 Å². The molecule has 236 valence electrons. The molecule has 14 heteroatoms. The molecule has 0 bridgehead atoms. The summed E-state index contributed by atoms with van der Waals surface area (Å²) in [5.74, 6) is -2.88. The lowest BCUT2D eigenvalue weighted by Crippen LogP contribution is -2.34. The Morgan fingerprint density at radius 3 is 2.45 bits per heavy atom. The minimum absolute atomic E-state index is 0.0129. The van der Waals surface area contributed by atoms with Gasteiger partial charge in [-0.3, -0.25) is 4.79 Å². The molecule has 1 fully saturated rings. The van der Waals surface area contributed by atoms with E-state index in [1.807, 2.05) is 0 Å². The first-order chi connectivity index (χ1) is 20.7. The molecule has 2 amide bonds. The van der Waals surface area contributed by atoms with Crippen molar-refractivity contribution in [2.45, 2.75) is 65.3 Å². The number of carbonyl (C=O) groups excluding carboxylic acids is 2. The second-order valence-corrected chi connectivity index (χ2v) is 11.2. The molecule has 2 aromatic carbocycles. The second-order valence-electron chi connectivity index (χ2n) is 11.2. The highest BCUT2D eigenvalue weighted by atomic mass is 19.3. The summed E-state index contributed by atoms with van der Waals surface area (Å²) in [5.41, 5.74) is -1.02. The van der Waals surface area contributed by atoms with Crippen molar-refractivity contribution in [3.05, 3.63) is 64.8 Å². The molecule has 3 aromatic rings. The van der Waals surface area contributed by atoms with Crippen LogP contribution in [-0.2, 0) is 11.3 Å². The number of alkyl carbamates (subject to hydrolysis) is 1. The lowest BCUT2D eigenvalue weighted by Gasteiger charge is -2.21. The molecular weight excluding hydrogens is 587 g/mol. The molecule has 3 N–H and O–H groups in total. The first kappa shape index (κ1) is 32.2. The number of carboxylic acids is 1. The number of carboxylic acid groups (broad SMARTS) is 1. The van der Waals surface area contributed by atoms with Crippen LogP contribution in [-0.4, -0.2) is 46.9 Å². The highest BCUT2D eigenvalue weighted by Gasteiger charge is 2.27. The topological polar surface area (TPSA) is 149 Å². The predicted octanol–water partition coefficient (Wildman–Crippen LogP) is 6.08. The molecule has 0 spiro atoms.